The molecule has 13 nitrogen and oxygen atoms in total. The van der Waals surface area contributed by atoms with Gasteiger partial charge < -0.3 is 59.1 Å². The number of phenolic OH excluding ortho intramolecular Hbond substituents is 1. The number of thioether (sulfide) groups is 1. The van der Waals surface area contributed by atoms with Crippen LogP contribution >= 0.6 is 11.8 Å². The summed E-state index contributed by atoms with van der Waals surface area (Å²) in [5, 5.41) is 60.5. The molecule has 208 valence electrons. The number of ether oxygens (including phenoxy) is 5. The number of carboxylic acid groups (broad SMARTS) is 1. The molecule has 1 fully saturated rings. The second-order valence-electron chi connectivity index (χ2n) is 8.59. The van der Waals surface area contributed by atoms with E-state index in [0.717, 1.165) is 0 Å². The molecule has 2 aliphatic heterocycles. The Bertz CT molecular complexity index is 931. The fourth-order valence-corrected chi connectivity index (χ4v) is 4.69. The summed E-state index contributed by atoms with van der Waals surface area (Å²) in [7, 11) is 0. The zero-order chi connectivity index (χ0) is 27.0. The molecule has 5 N–H and O–H groups in total. The van der Waals surface area contributed by atoms with Gasteiger partial charge in [0.15, 0.2) is 6.29 Å². The molecule has 0 saturated carbocycles. The number of aliphatic imine (C=N–C) groups is 1. The van der Waals surface area contributed by atoms with Crippen molar-refractivity contribution in [2.24, 2.45) is 4.99 Å². The molecule has 0 amide bonds. The lowest BCUT2D eigenvalue weighted by Gasteiger charge is -2.39. The summed E-state index contributed by atoms with van der Waals surface area (Å²) in [6.45, 7) is 2.17. The molecule has 37 heavy (non-hydrogen) atoms. The van der Waals surface area contributed by atoms with Gasteiger partial charge in [0.1, 0.15) is 53.1 Å². The van der Waals surface area contributed by atoms with Crippen molar-refractivity contribution in [3.05, 3.63) is 23.8 Å². The van der Waals surface area contributed by atoms with Crippen molar-refractivity contribution >= 4 is 22.8 Å². The van der Waals surface area contributed by atoms with Crippen LogP contribution in [-0.2, 0) is 23.7 Å². The molecule has 0 aromatic heterocycles. The molecular weight excluding hydrogens is 514 g/mol. The maximum Gasteiger partial charge on any atom is 0.186 e. The molecular formula is C23H32NO12S-. The number of benzene rings is 1. The maximum atomic E-state index is 11.2. The molecule has 0 spiro atoms. The first kappa shape index (κ1) is 29.5. The molecule has 1 aromatic carbocycles. The first-order valence-electron chi connectivity index (χ1n) is 11.6. The van der Waals surface area contributed by atoms with Gasteiger partial charge in [-0.2, -0.15) is 0 Å². The van der Waals surface area contributed by atoms with Crippen molar-refractivity contribution in [2.75, 3.05) is 52.0 Å². The number of carbonyl (C=O) groups is 1. The molecule has 0 aliphatic carbocycles. The Labute approximate surface area is 217 Å². The van der Waals surface area contributed by atoms with Crippen LogP contribution in [0.5, 0.6) is 11.5 Å². The van der Waals surface area contributed by atoms with Crippen LogP contribution in [0.25, 0.3) is 0 Å². The van der Waals surface area contributed by atoms with Crippen molar-refractivity contribution in [1.82, 2.24) is 0 Å². The van der Waals surface area contributed by atoms with E-state index >= 15 is 0 Å². The standard InChI is InChI=1S/C23H33NO12S/c1-23(22(30)31)12-37-20(24-23)14-3-2-13(10-15(14)26)34-8-6-32-4-5-33-7-9-35-21-19(29)18(28)17(27)16(11-25)36-21/h2-3,10,16-19,21,25-29H,4-9,11-12H2,1H3,(H,30,31)/p-1/t16?,17-,18?,19?,21-,23+/m0/s1. The molecule has 2 aliphatic rings. The number of rotatable bonds is 14. The second kappa shape index (κ2) is 13.7. The first-order chi connectivity index (χ1) is 17.7. The summed E-state index contributed by atoms with van der Waals surface area (Å²) in [4.78, 5) is 15.4. The van der Waals surface area contributed by atoms with Crippen LogP contribution in [0.15, 0.2) is 23.2 Å². The van der Waals surface area contributed by atoms with Crippen molar-refractivity contribution in [3.8, 4) is 11.5 Å². The van der Waals surface area contributed by atoms with Crippen LogP contribution in [0.3, 0.4) is 0 Å². The van der Waals surface area contributed by atoms with Gasteiger partial charge in [-0.3, -0.25) is 4.99 Å². The van der Waals surface area contributed by atoms with Gasteiger partial charge in [-0.05, 0) is 19.1 Å². The molecule has 1 saturated heterocycles. The Morgan fingerprint density at radius 1 is 1.11 bits per heavy atom. The lowest BCUT2D eigenvalue weighted by Crippen LogP contribution is -2.59. The average Bonchev–Trinajstić information content (AvgIpc) is 3.28. The quantitative estimate of drug-likeness (QED) is 0.155. The van der Waals surface area contributed by atoms with Crippen LogP contribution in [0.2, 0.25) is 0 Å². The topological polar surface area (TPSA) is 200 Å². The van der Waals surface area contributed by atoms with Crippen LogP contribution in [0, 0.1) is 0 Å². The van der Waals surface area contributed by atoms with E-state index in [1.807, 2.05) is 0 Å². The summed E-state index contributed by atoms with van der Waals surface area (Å²) >= 11 is 1.24. The fraction of sp³-hybridized carbons (Fsp3) is 0.652. The van der Waals surface area contributed by atoms with E-state index in [1.165, 1.54) is 24.8 Å². The third-order valence-corrected chi connectivity index (χ3v) is 7.00. The van der Waals surface area contributed by atoms with Gasteiger partial charge in [-0.25, -0.2) is 0 Å². The predicted octanol–water partition coefficient (Wildman–Crippen LogP) is -2.38. The van der Waals surface area contributed by atoms with Crippen LogP contribution in [-0.4, -0.2) is 125 Å². The molecule has 3 rings (SSSR count). The summed E-state index contributed by atoms with van der Waals surface area (Å²) in [5.41, 5.74) is -0.897. The van der Waals surface area contributed by atoms with E-state index in [9.17, 15) is 30.3 Å². The van der Waals surface area contributed by atoms with Gasteiger partial charge in [0.2, 0.25) is 0 Å². The van der Waals surface area contributed by atoms with Gasteiger partial charge in [0.05, 0.1) is 45.6 Å². The smallest absolute Gasteiger partial charge is 0.186 e. The lowest BCUT2D eigenvalue weighted by atomic mass is 9.99. The highest BCUT2D eigenvalue weighted by Crippen LogP contribution is 2.35. The zero-order valence-electron chi connectivity index (χ0n) is 20.2. The normalized spacial score (nSPS) is 29.8. The Morgan fingerprint density at radius 2 is 1.78 bits per heavy atom. The third kappa shape index (κ3) is 7.75. The molecule has 0 radical (unpaired) electrons. The van der Waals surface area contributed by atoms with Gasteiger partial charge in [-0.15, -0.1) is 11.8 Å². The van der Waals surface area contributed by atoms with Gasteiger partial charge in [0, 0.05) is 17.4 Å². The maximum absolute atomic E-state index is 11.2. The molecule has 0 bridgehead atoms. The Balaban J connectivity index is 1.26. The minimum atomic E-state index is -1.50. The molecule has 14 heteroatoms. The number of aliphatic carboxylic acids is 1. The first-order valence-corrected chi connectivity index (χ1v) is 12.6. The SMILES string of the molecule is C[C@]1(C(=O)[O-])CSC(c2ccc(OCCOCCOCCO[C@H]3OC(CO)[C@H](O)C(O)C3O)cc2O)=N1. The second-order valence-corrected chi connectivity index (χ2v) is 9.55. The number of aliphatic hydroxyl groups excluding tert-OH is 4. The number of aliphatic hydroxyl groups is 4. The minimum Gasteiger partial charge on any atom is -0.547 e. The summed E-state index contributed by atoms with van der Waals surface area (Å²) in [6, 6.07) is 4.68. The number of hydrogen-bond acceptors (Lipinski definition) is 14. The Hall–Kier alpha value is -2.01. The highest BCUT2D eigenvalue weighted by molar-refractivity contribution is 8.14. The number of nitrogens with zero attached hydrogens (tertiary/aromatic N) is 1. The number of carbonyl (C=O) groups excluding carboxylic acids is 1. The largest absolute Gasteiger partial charge is 0.547 e. The Morgan fingerprint density at radius 3 is 2.41 bits per heavy atom. The number of aromatic hydroxyl groups is 1. The highest BCUT2D eigenvalue weighted by Gasteiger charge is 2.44. The van der Waals surface area contributed by atoms with E-state index < -0.39 is 48.8 Å². The summed E-state index contributed by atoms with van der Waals surface area (Å²) in [6.07, 6.45) is -6.63. The van der Waals surface area contributed by atoms with E-state index in [2.05, 4.69) is 4.99 Å². The minimum absolute atomic E-state index is 0.0443. The molecule has 3 unspecified atom stereocenters. The average molecular weight is 547 g/mol. The molecule has 2 heterocycles. The molecule has 6 atom stereocenters. The van der Waals surface area contributed by atoms with E-state index in [1.54, 1.807) is 12.1 Å². The van der Waals surface area contributed by atoms with Crippen molar-refractivity contribution in [3.63, 3.8) is 0 Å². The van der Waals surface area contributed by atoms with Crippen LogP contribution in [0.1, 0.15) is 12.5 Å². The Kier molecular flexibility index (Phi) is 10.9. The van der Waals surface area contributed by atoms with Crippen molar-refractivity contribution in [2.45, 2.75) is 43.2 Å². The number of carboxylic acids is 1. The summed E-state index contributed by atoms with van der Waals surface area (Å²) < 4.78 is 26.9. The number of hydrogen-bond donors (Lipinski definition) is 5. The monoisotopic (exact) mass is 546 g/mol. The van der Waals surface area contributed by atoms with Gasteiger partial charge >= 0.3 is 0 Å². The van der Waals surface area contributed by atoms with Gasteiger partial charge in [-0.1, -0.05) is 0 Å². The van der Waals surface area contributed by atoms with E-state index in [4.69, 9.17) is 28.8 Å². The van der Waals surface area contributed by atoms with E-state index in [-0.39, 0.29) is 51.1 Å². The van der Waals surface area contributed by atoms with Crippen LogP contribution in [0.4, 0.5) is 0 Å². The van der Waals surface area contributed by atoms with Crippen molar-refractivity contribution < 1.29 is 59.1 Å². The fourth-order valence-electron chi connectivity index (χ4n) is 3.49. The molecule has 1 aromatic rings. The van der Waals surface area contributed by atoms with Gasteiger partial charge in [0.25, 0.3) is 0 Å². The van der Waals surface area contributed by atoms with Crippen LogP contribution < -0.4 is 9.84 Å². The third-order valence-electron chi connectivity index (χ3n) is 5.70. The summed E-state index contributed by atoms with van der Waals surface area (Å²) in [5.74, 6) is -0.695. The number of phenols is 1. The predicted molar refractivity (Wildman–Crippen MR) is 127 cm³/mol. The zero-order valence-corrected chi connectivity index (χ0v) is 21.0. The van der Waals surface area contributed by atoms with Crippen molar-refractivity contribution in [1.29, 1.82) is 0 Å². The highest BCUT2D eigenvalue weighted by atomic mass is 32.2. The van der Waals surface area contributed by atoms with E-state index in [0.29, 0.717) is 16.4 Å². The lowest BCUT2D eigenvalue weighted by molar-refractivity contribution is -0.311.